The Morgan fingerprint density at radius 3 is 2.11 bits per heavy atom. The van der Waals surface area contributed by atoms with E-state index in [1.807, 2.05) is 0 Å². The number of nitrogens with one attached hydrogen (secondary N) is 1. The number of urea groups is 1. The minimum atomic E-state index is -0.889. The molecule has 2 amide bonds. The molecule has 0 bridgehead atoms. The Labute approximate surface area is 74.2 Å². The van der Waals surface area contributed by atoms with Gasteiger partial charge in [-0.25, -0.2) is 4.79 Å². The number of carbonyl (C=O) groups excluding carboxylic acids is 2. The van der Waals surface area contributed by atoms with Crippen LogP contribution in [0.25, 0.3) is 0 Å². The Balaban J connectivity index is 0. The molecular formula is C3H7N2NaO3. The Morgan fingerprint density at radius 2 is 2.00 bits per heavy atom. The van der Waals surface area contributed by atoms with Crippen LogP contribution in [0.2, 0.25) is 0 Å². The molecule has 0 spiro atoms. The van der Waals surface area contributed by atoms with Crippen LogP contribution in [0, 0.1) is 0 Å². The van der Waals surface area contributed by atoms with Crippen molar-refractivity contribution in [2.24, 2.45) is 5.73 Å². The van der Waals surface area contributed by atoms with Gasteiger partial charge in [0.05, 0.1) is 0 Å². The third-order valence-electron chi connectivity index (χ3n) is 0.295. The van der Waals surface area contributed by atoms with Crippen LogP contribution in [-0.2, 0) is 9.63 Å². The Bertz CT molecular complexity index is 102. The molecule has 48 valence electrons. The van der Waals surface area contributed by atoms with Gasteiger partial charge in [0.2, 0.25) is 0 Å². The Kier molecular flexibility index (Phi) is 7.52. The van der Waals surface area contributed by atoms with Crippen LogP contribution in [0.1, 0.15) is 6.92 Å². The fourth-order valence-corrected chi connectivity index (χ4v) is 0.122. The summed E-state index contributed by atoms with van der Waals surface area (Å²) < 4.78 is 0. The van der Waals surface area contributed by atoms with Gasteiger partial charge in [-0.2, -0.15) is 5.48 Å². The van der Waals surface area contributed by atoms with Gasteiger partial charge in [0, 0.05) is 6.92 Å². The van der Waals surface area contributed by atoms with Crippen molar-refractivity contribution in [2.45, 2.75) is 6.92 Å². The second-order valence-electron chi connectivity index (χ2n) is 1.06. The van der Waals surface area contributed by atoms with Gasteiger partial charge >= 0.3 is 41.6 Å². The van der Waals surface area contributed by atoms with Crippen molar-refractivity contribution in [3.63, 3.8) is 0 Å². The number of rotatable bonds is 0. The van der Waals surface area contributed by atoms with Gasteiger partial charge in [-0.05, 0) is 0 Å². The fourth-order valence-electron chi connectivity index (χ4n) is 0.122. The van der Waals surface area contributed by atoms with Gasteiger partial charge in [-0.15, -0.1) is 0 Å². The van der Waals surface area contributed by atoms with Crippen molar-refractivity contribution in [3.8, 4) is 0 Å². The SMILES string of the molecule is CC(=O)ONC(N)=O.[NaH]. The second-order valence-corrected chi connectivity index (χ2v) is 1.06. The Morgan fingerprint density at radius 1 is 1.56 bits per heavy atom. The molecule has 0 aliphatic rings. The quantitative estimate of drug-likeness (QED) is 0.318. The zero-order valence-corrected chi connectivity index (χ0v) is 4.30. The van der Waals surface area contributed by atoms with E-state index >= 15 is 0 Å². The van der Waals surface area contributed by atoms with Crippen LogP contribution in [0.5, 0.6) is 0 Å². The number of hydroxylamine groups is 1. The predicted octanol–water partition coefficient (Wildman–Crippen LogP) is -1.52. The normalized spacial score (nSPS) is 6.78. The molecule has 5 nitrogen and oxygen atoms in total. The number of carbonyl (C=O) groups is 2. The maximum atomic E-state index is 9.86. The van der Waals surface area contributed by atoms with Gasteiger partial charge in [0.1, 0.15) is 0 Å². The predicted molar refractivity (Wildman–Crippen MR) is 31.6 cm³/mol. The first kappa shape index (κ1) is 11.5. The van der Waals surface area contributed by atoms with Crippen LogP contribution < -0.4 is 11.2 Å². The van der Waals surface area contributed by atoms with Gasteiger partial charge < -0.3 is 10.6 Å². The summed E-state index contributed by atoms with van der Waals surface area (Å²) in [5, 5.41) is 0. The molecule has 0 heterocycles. The fraction of sp³-hybridized carbons (Fsp3) is 0.333. The molecule has 0 aromatic heterocycles. The molecule has 9 heavy (non-hydrogen) atoms. The standard InChI is InChI=1S/C3H6N2O3.Na.H/c1-2(6)8-5-3(4)7;;/h1H3,(H3,4,5,7);;. The molecular weight excluding hydrogens is 135 g/mol. The summed E-state index contributed by atoms with van der Waals surface area (Å²) in [6.07, 6.45) is 0. The molecule has 0 saturated heterocycles. The molecule has 0 aliphatic carbocycles. The summed E-state index contributed by atoms with van der Waals surface area (Å²) in [6.45, 7) is 1.15. The molecule has 0 saturated carbocycles. The summed E-state index contributed by atoms with van der Waals surface area (Å²) in [5.74, 6) is -0.608. The average molecular weight is 142 g/mol. The van der Waals surface area contributed by atoms with Crippen molar-refractivity contribution >= 4 is 41.6 Å². The molecule has 0 radical (unpaired) electrons. The van der Waals surface area contributed by atoms with Crippen molar-refractivity contribution in [1.82, 2.24) is 5.48 Å². The number of nitrogens with two attached hydrogens (primary N) is 1. The van der Waals surface area contributed by atoms with Gasteiger partial charge in [-0.1, -0.05) is 0 Å². The van der Waals surface area contributed by atoms with E-state index in [2.05, 4.69) is 10.6 Å². The van der Waals surface area contributed by atoms with Crippen molar-refractivity contribution < 1.29 is 14.4 Å². The third-order valence-corrected chi connectivity index (χ3v) is 0.295. The van der Waals surface area contributed by atoms with Crippen LogP contribution >= 0.6 is 0 Å². The number of hydrogen-bond donors (Lipinski definition) is 2. The zero-order chi connectivity index (χ0) is 6.57. The molecule has 0 aliphatic heterocycles. The summed E-state index contributed by atoms with van der Waals surface area (Å²) in [4.78, 5) is 23.5. The number of amides is 2. The van der Waals surface area contributed by atoms with Crippen LogP contribution in [0.15, 0.2) is 0 Å². The van der Waals surface area contributed by atoms with E-state index in [-0.39, 0.29) is 29.6 Å². The van der Waals surface area contributed by atoms with E-state index in [1.165, 1.54) is 0 Å². The molecule has 0 rings (SSSR count). The molecule has 0 unspecified atom stereocenters. The molecule has 0 aromatic rings. The first-order chi connectivity index (χ1) is 3.63. The van der Waals surface area contributed by atoms with Crippen molar-refractivity contribution in [1.29, 1.82) is 0 Å². The van der Waals surface area contributed by atoms with Gasteiger partial charge in [0.15, 0.2) is 0 Å². The zero-order valence-electron chi connectivity index (χ0n) is 4.30. The summed E-state index contributed by atoms with van der Waals surface area (Å²) in [7, 11) is 0. The van der Waals surface area contributed by atoms with Crippen molar-refractivity contribution in [3.05, 3.63) is 0 Å². The van der Waals surface area contributed by atoms with E-state index in [1.54, 1.807) is 5.48 Å². The van der Waals surface area contributed by atoms with Crippen molar-refractivity contribution in [2.75, 3.05) is 0 Å². The summed E-state index contributed by atoms with van der Waals surface area (Å²) in [6, 6.07) is -0.889. The maximum absolute atomic E-state index is 9.86. The van der Waals surface area contributed by atoms with Crippen LogP contribution in [0.4, 0.5) is 4.79 Å². The molecule has 6 heteroatoms. The molecule has 0 atom stereocenters. The average Bonchev–Trinajstić information content (AvgIpc) is 1.61. The van der Waals surface area contributed by atoms with Gasteiger partial charge in [-0.3, -0.25) is 4.79 Å². The van der Waals surface area contributed by atoms with Gasteiger partial charge in [0.25, 0.3) is 0 Å². The topological polar surface area (TPSA) is 81.4 Å². The minimum absolute atomic E-state index is 0. The van der Waals surface area contributed by atoms with Crippen LogP contribution in [0.3, 0.4) is 0 Å². The van der Waals surface area contributed by atoms with E-state index in [0.29, 0.717) is 0 Å². The number of primary amides is 1. The van der Waals surface area contributed by atoms with E-state index in [4.69, 9.17) is 0 Å². The summed E-state index contributed by atoms with van der Waals surface area (Å²) in [5.41, 5.74) is 6.15. The first-order valence-electron chi connectivity index (χ1n) is 1.86. The summed E-state index contributed by atoms with van der Waals surface area (Å²) >= 11 is 0. The first-order valence-corrected chi connectivity index (χ1v) is 1.86. The van der Waals surface area contributed by atoms with Crippen LogP contribution in [-0.4, -0.2) is 41.6 Å². The second kappa shape index (κ2) is 5.87. The number of hydrogen-bond acceptors (Lipinski definition) is 3. The van der Waals surface area contributed by atoms with E-state index < -0.39 is 12.0 Å². The monoisotopic (exact) mass is 142 g/mol. The van der Waals surface area contributed by atoms with E-state index in [0.717, 1.165) is 6.92 Å². The van der Waals surface area contributed by atoms with E-state index in [9.17, 15) is 9.59 Å². The molecule has 0 aromatic carbocycles. The molecule has 3 N–H and O–H groups in total. The third kappa shape index (κ3) is 11.4. The molecule has 0 fully saturated rings. The Hall–Kier alpha value is -0.260.